The van der Waals surface area contributed by atoms with Crippen LogP contribution in [0.4, 0.5) is 10.5 Å². The molecule has 2 aromatic heterocycles. The summed E-state index contributed by atoms with van der Waals surface area (Å²) < 4.78 is 3.53. The molecule has 0 aromatic carbocycles. The van der Waals surface area contributed by atoms with Crippen LogP contribution in [0.5, 0.6) is 0 Å². The lowest BCUT2D eigenvalue weighted by Gasteiger charge is -2.04. The number of carbonyl (C=O) groups excluding carboxylic acids is 2. The number of aromatic nitrogens is 3. The van der Waals surface area contributed by atoms with E-state index >= 15 is 0 Å². The molecule has 0 aliphatic rings. The van der Waals surface area contributed by atoms with Crippen LogP contribution in [0.15, 0.2) is 29.9 Å². The van der Waals surface area contributed by atoms with Gasteiger partial charge in [-0.3, -0.25) is 15.1 Å². The van der Waals surface area contributed by atoms with Gasteiger partial charge in [-0.25, -0.2) is 4.79 Å². The Morgan fingerprint density at radius 2 is 2.00 bits per heavy atom. The normalized spacial score (nSPS) is 9.65. The minimum Gasteiger partial charge on any atom is -0.308 e. The number of rotatable bonds is 2. The number of hydrogen-bond donors (Lipinski definition) is 2. The summed E-state index contributed by atoms with van der Waals surface area (Å²) in [7, 11) is 0. The summed E-state index contributed by atoms with van der Waals surface area (Å²) in [5, 5.41) is 9.60. The van der Waals surface area contributed by atoms with Crippen molar-refractivity contribution in [3.63, 3.8) is 0 Å². The van der Waals surface area contributed by atoms with Crippen LogP contribution >= 0.6 is 11.5 Å². The third-order valence-corrected chi connectivity index (χ3v) is 2.26. The van der Waals surface area contributed by atoms with Crippen molar-refractivity contribution >= 4 is 29.2 Å². The number of urea groups is 1. The second-order valence-corrected chi connectivity index (χ2v) is 3.54. The van der Waals surface area contributed by atoms with Gasteiger partial charge in [-0.15, -0.1) is 5.10 Å². The Kier molecular flexibility index (Phi) is 3.36. The molecule has 0 spiro atoms. The summed E-state index contributed by atoms with van der Waals surface area (Å²) in [5.74, 6) is -0.592. The first-order valence-corrected chi connectivity index (χ1v) is 5.39. The van der Waals surface area contributed by atoms with Gasteiger partial charge in [0.15, 0.2) is 5.69 Å². The number of pyridine rings is 1. The average molecular weight is 249 g/mol. The van der Waals surface area contributed by atoms with Crippen LogP contribution in [0.3, 0.4) is 0 Å². The maximum atomic E-state index is 11.4. The monoisotopic (exact) mass is 249 g/mol. The molecule has 2 rings (SSSR count). The van der Waals surface area contributed by atoms with Gasteiger partial charge in [0.05, 0.1) is 0 Å². The Labute approximate surface area is 100 Å². The van der Waals surface area contributed by atoms with Crippen LogP contribution in [0.25, 0.3) is 0 Å². The number of hydrogen-bond acceptors (Lipinski definition) is 6. The van der Waals surface area contributed by atoms with E-state index in [0.717, 1.165) is 11.5 Å². The van der Waals surface area contributed by atoms with Gasteiger partial charge in [-0.05, 0) is 23.7 Å². The first-order chi connectivity index (χ1) is 8.25. The lowest BCUT2D eigenvalue weighted by Crippen LogP contribution is -2.34. The Morgan fingerprint density at radius 3 is 2.65 bits per heavy atom. The summed E-state index contributed by atoms with van der Waals surface area (Å²) in [4.78, 5) is 26.6. The summed E-state index contributed by atoms with van der Waals surface area (Å²) >= 11 is 1.04. The number of nitrogens with zero attached hydrogens (tertiary/aromatic N) is 3. The van der Waals surface area contributed by atoms with Crippen LogP contribution in [0.2, 0.25) is 0 Å². The maximum Gasteiger partial charge on any atom is 0.326 e. The molecule has 86 valence electrons. The fraction of sp³-hybridized carbons (Fsp3) is 0. The third-order valence-electron chi connectivity index (χ3n) is 1.76. The minimum atomic E-state index is -0.630. The maximum absolute atomic E-state index is 11.4. The van der Waals surface area contributed by atoms with Crippen molar-refractivity contribution in [3.8, 4) is 0 Å². The van der Waals surface area contributed by atoms with Gasteiger partial charge in [0.25, 0.3) is 5.91 Å². The second-order valence-electron chi connectivity index (χ2n) is 2.93. The predicted octanol–water partition coefficient (Wildman–Crippen LogP) is 0.895. The largest absolute Gasteiger partial charge is 0.326 e. The molecule has 0 aliphatic carbocycles. The van der Waals surface area contributed by atoms with Crippen LogP contribution in [0.1, 0.15) is 10.5 Å². The average Bonchev–Trinajstić information content (AvgIpc) is 2.83. The fourth-order valence-electron chi connectivity index (χ4n) is 1.03. The highest BCUT2D eigenvalue weighted by atomic mass is 32.1. The molecule has 2 heterocycles. The van der Waals surface area contributed by atoms with Crippen molar-refractivity contribution in [1.82, 2.24) is 19.9 Å². The van der Waals surface area contributed by atoms with E-state index in [1.807, 2.05) is 0 Å². The smallest absolute Gasteiger partial charge is 0.308 e. The van der Waals surface area contributed by atoms with Crippen molar-refractivity contribution in [2.45, 2.75) is 0 Å². The molecular formula is C9H7N5O2S. The van der Waals surface area contributed by atoms with E-state index in [0.29, 0.717) is 5.69 Å². The van der Waals surface area contributed by atoms with Gasteiger partial charge in [0.2, 0.25) is 0 Å². The zero-order chi connectivity index (χ0) is 12.1. The van der Waals surface area contributed by atoms with Crippen molar-refractivity contribution in [1.29, 1.82) is 0 Å². The van der Waals surface area contributed by atoms with Gasteiger partial charge >= 0.3 is 6.03 Å². The first kappa shape index (κ1) is 11.1. The molecule has 0 atom stereocenters. The topological polar surface area (TPSA) is 96.9 Å². The number of anilines is 1. The predicted molar refractivity (Wildman–Crippen MR) is 60.6 cm³/mol. The molecule has 0 saturated heterocycles. The standard InChI is InChI=1S/C9H7N5O2S/c15-8(7-5-17-14-13-7)12-9(16)11-6-1-3-10-4-2-6/h1-5H,(H2,10,11,12,15,16). The lowest BCUT2D eigenvalue weighted by atomic mass is 10.4. The molecule has 3 amide bonds. The molecule has 0 bridgehead atoms. The molecule has 0 aliphatic heterocycles. The van der Waals surface area contributed by atoms with E-state index in [-0.39, 0.29) is 5.69 Å². The van der Waals surface area contributed by atoms with Gasteiger partial charge in [0, 0.05) is 23.5 Å². The molecule has 8 heteroatoms. The number of carbonyl (C=O) groups is 2. The van der Waals surface area contributed by atoms with E-state index in [2.05, 4.69) is 25.2 Å². The van der Waals surface area contributed by atoms with Crippen LogP contribution in [0, 0.1) is 0 Å². The molecule has 2 aromatic rings. The minimum absolute atomic E-state index is 0.111. The highest BCUT2D eigenvalue weighted by Gasteiger charge is 2.12. The van der Waals surface area contributed by atoms with Gasteiger partial charge in [-0.2, -0.15) is 0 Å². The van der Waals surface area contributed by atoms with E-state index in [1.54, 1.807) is 12.1 Å². The number of imide groups is 1. The Bertz CT molecular complexity index is 513. The zero-order valence-electron chi connectivity index (χ0n) is 8.45. The van der Waals surface area contributed by atoms with E-state index in [1.165, 1.54) is 17.8 Å². The number of amides is 3. The lowest BCUT2D eigenvalue weighted by molar-refractivity contribution is 0.0962. The fourth-order valence-corrected chi connectivity index (χ4v) is 1.46. The highest BCUT2D eigenvalue weighted by Crippen LogP contribution is 2.03. The molecular weight excluding hydrogens is 242 g/mol. The van der Waals surface area contributed by atoms with E-state index in [9.17, 15) is 9.59 Å². The summed E-state index contributed by atoms with van der Waals surface area (Å²) in [6.45, 7) is 0. The molecule has 0 unspecified atom stereocenters. The molecule has 0 radical (unpaired) electrons. The second kappa shape index (κ2) is 5.12. The summed E-state index contributed by atoms with van der Waals surface area (Å²) in [5.41, 5.74) is 0.654. The number of nitrogens with one attached hydrogen (secondary N) is 2. The van der Waals surface area contributed by atoms with Crippen molar-refractivity contribution < 1.29 is 9.59 Å². The summed E-state index contributed by atoms with van der Waals surface area (Å²) in [6.07, 6.45) is 3.06. The Balaban J connectivity index is 1.92. The van der Waals surface area contributed by atoms with Crippen LogP contribution < -0.4 is 10.6 Å². The summed E-state index contributed by atoms with van der Waals surface area (Å²) in [6, 6.07) is 2.58. The highest BCUT2D eigenvalue weighted by molar-refractivity contribution is 7.03. The first-order valence-electron chi connectivity index (χ1n) is 4.55. The van der Waals surface area contributed by atoms with Gasteiger partial charge < -0.3 is 5.32 Å². The van der Waals surface area contributed by atoms with Crippen molar-refractivity contribution in [3.05, 3.63) is 35.6 Å². The van der Waals surface area contributed by atoms with E-state index < -0.39 is 11.9 Å². The Morgan fingerprint density at radius 1 is 1.24 bits per heavy atom. The van der Waals surface area contributed by atoms with E-state index in [4.69, 9.17) is 0 Å². The molecule has 7 nitrogen and oxygen atoms in total. The van der Waals surface area contributed by atoms with Crippen molar-refractivity contribution in [2.75, 3.05) is 5.32 Å². The molecule has 0 saturated carbocycles. The molecule has 2 N–H and O–H groups in total. The van der Waals surface area contributed by atoms with Crippen molar-refractivity contribution in [2.24, 2.45) is 0 Å². The quantitative estimate of drug-likeness (QED) is 0.824. The zero-order valence-corrected chi connectivity index (χ0v) is 9.27. The van der Waals surface area contributed by atoms with Crippen LogP contribution in [-0.2, 0) is 0 Å². The Hall–Kier alpha value is -2.35. The molecule has 17 heavy (non-hydrogen) atoms. The molecule has 0 fully saturated rings. The van der Waals surface area contributed by atoms with Crippen LogP contribution in [-0.4, -0.2) is 26.5 Å². The van der Waals surface area contributed by atoms with Gasteiger partial charge in [0.1, 0.15) is 0 Å². The third kappa shape index (κ3) is 3.05. The van der Waals surface area contributed by atoms with Gasteiger partial charge in [-0.1, -0.05) is 4.49 Å². The SMILES string of the molecule is O=C(NC(=O)c1csnn1)Nc1ccncc1.